The molecule has 1 N–H and O–H groups in total. The van der Waals surface area contributed by atoms with Crippen LogP contribution in [0.1, 0.15) is 22.5 Å². The van der Waals surface area contributed by atoms with Gasteiger partial charge in [0.1, 0.15) is 10.2 Å². The van der Waals surface area contributed by atoms with E-state index >= 15 is 0 Å². The third kappa shape index (κ3) is 4.26. The van der Waals surface area contributed by atoms with Crippen molar-refractivity contribution in [1.29, 1.82) is 0 Å². The highest BCUT2D eigenvalue weighted by molar-refractivity contribution is 6.41. The predicted octanol–water partition coefficient (Wildman–Crippen LogP) is 4.99. The predicted molar refractivity (Wildman–Crippen MR) is 106 cm³/mol. The Bertz CT molecular complexity index is 889. The van der Waals surface area contributed by atoms with E-state index in [0.29, 0.717) is 40.9 Å². The van der Waals surface area contributed by atoms with Crippen molar-refractivity contribution in [3.05, 3.63) is 76.0 Å². The summed E-state index contributed by atoms with van der Waals surface area (Å²) in [5, 5.41) is 8.09. The molecule has 3 aromatic rings. The third-order valence-corrected chi connectivity index (χ3v) is 5.02. The topological polar surface area (TPSA) is 46.9 Å². The van der Waals surface area contributed by atoms with Crippen molar-refractivity contribution < 1.29 is 4.79 Å². The van der Waals surface area contributed by atoms with Crippen LogP contribution in [0.3, 0.4) is 0 Å². The highest BCUT2D eigenvalue weighted by Gasteiger charge is 2.11. The van der Waals surface area contributed by atoms with E-state index in [-0.39, 0.29) is 5.91 Å². The first-order chi connectivity index (χ1) is 12.6. The highest BCUT2D eigenvalue weighted by atomic mass is 35.5. The highest BCUT2D eigenvalue weighted by Crippen LogP contribution is 2.25. The van der Waals surface area contributed by atoms with Gasteiger partial charge in [0, 0.05) is 18.7 Å². The second kappa shape index (κ2) is 8.39. The zero-order chi connectivity index (χ0) is 18.5. The maximum Gasteiger partial charge on any atom is 0.251 e. The molecule has 3 rings (SSSR count). The van der Waals surface area contributed by atoms with Crippen LogP contribution in [0.25, 0.3) is 11.1 Å². The van der Waals surface area contributed by atoms with E-state index in [1.165, 1.54) is 0 Å². The van der Waals surface area contributed by atoms with E-state index in [4.69, 9.17) is 23.2 Å². The zero-order valence-corrected chi connectivity index (χ0v) is 15.9. The summed E-state index contributed by atoms with van der Waals surface area (Å²) >= 11 is 12.1. The van der Waals surface area contributed by atoms with Gasteiger partial charge in [-0.2, -0.15) is 5.10 Å². The largest absolute Gasteiger partial charge is 0.352 e. The molecular weight excluding hydrogens is 369 g/mol. The lowest BCUT2D eigenvalue weighted by Crippen LogP contribution is -2.25. The summed E-state index contributed by atoms with van der Waals surface area (Å²) in [6.45, 7) is 2.94. The summed E-state index contributed by atoms with van der Waals surface area (Å²) < 4.78 is 1.65. The van der Waals surface area contributed by atoms with Crippen LogP contribution < -0.4 is 5.32 Å². The smallest absolute Gasteiger partial charge is 0.251 e. The Kier molecular flexibility index (Phi) is 5.96. The number of aryl methyl sites for hydroxylation is 2. The number of rotatable bonds is 6. The quantitative estimate of drug-likeness (QED) is 0.605. The number of carbonyl (C=O) groups excluding carboxylic acids is 1. The van der Waals surface area contributed by atoms with Crippen molar-refractivity contribution in [3.8, 4) is 11.1 Å². The van der Waals surface area contributed by atoms with Crippen LogP contribution in [-0.4, -0.2) is 22.2 Å². The van der Waals surface area contributed by atoms with Crippen molar-refractivity contribution in [2.45, 2.75) is 19.9 Å². The monoisotopic (exact) mass is 387 g/mol. The molecular formula is C20H19Cl2N3O. The average Bonchev–Trinajstić information content (AvgIpc) is 2.92. The summed E-state index contributed by atoms with van der Waals surface area (Å²) in [6, 6.07) is 17.7. The number of hydrogen-bond donors (Lipinski definition) is 1. The number of halogens is 2. The van der Waals surface area contributed by atoms with Gasteiger partial charge in [0.25, 0.3) is 5.91 Å². The van der Waals surface area contributed by atoms with Gasteiger partial charge in [-0.05, 0) is 36.6 Å². The molecule has 0 aliphatic heterocycles. The van der Waals surface area contributed by atoms with Crippen molar-refractivity contribution in [3.63, 3.8) is 0 Å². The van der Waals surface area contributed by atoms with Crippen LogP contribution in [0.15, 0.2) is 54.6 Å². The van der Waals surface area contributed by atoms with Crippen molar-refractivity contribution in [1.82, 2.24) is 15.1 Å². The van der Waals surface area contributed by atoms with Crippen molar-refractivity contribution >= 4 is 29.1 Å². The minimum atomic E-state index is -0.0922. The Morgan fingerprint density at radius 2 is 1.69 bits per heavy atom. The number of amides is 1. The molecule has 2 aromatic carbocycles. The molecule has 0 radical (unpaired) electrons. The molecule has 0 bridgehead atoms. The molecule has 0 spiro atoms. The molecule has 1 aromatic heterocycles. The number of aromatic nitrogens is 2. The first-order valence-corrected chi connectivity index (χ1v) is 9.14. The van der Waals surface area contributed by atoms with Crippen molar-refractivity contribution in [2.24, 2.45) is 0 Å². The van der Waals surface area contributed by atoms with E-state index in [2.05, 4.69) is 10.4 Å². The van der Waals surface area contributed by atoms with Crippen LogP contribution in [0.4, 0.5) is 0 Å². The third-order valence-electron chi connectivity index (χ3n) is 4.08. The first kappa shape index (κ1) is 18.5. The van der Waals surface area contributed by atoms with Crippen LogP contribution in [0.2, 0.25) is 10.2 Å². The molecule has 0 aliphatic carbocycles. The Morgan fingerprint density at radius 1 is 1.04 bits per heavy atom. The molecule has 0 saturated heterocycles. The number of benzene rings is 2. The van der Waals surface area contributed by atoms with E-state index in [1.54, 1.807) is 4.68 Å². The molecule has 134 valence electrons. The molecule has 6 heteroatoms. The van der Waals surface area contributed by atoms with Gasteiger partial charge in [0.15, 0.2) is 0 Å². The number of hydrogen-bond acceptors (Lipinski definition) is 2. The number of nitrogens with one attached hydrogen (secondary N) is 1. The molecule has 0 unspecified atom stereocenters. The Morgan fingerprint density at radius 3 is 2.31 bits per heavy atom. The van der Waals surface area contributed by atoms with Crippen LogP contribution in [0, 0.1) is 6.92 Å². The molecule has 4 nitrogen and oxygen atoms in total. The van der Waals surface area contributed by atoms with E-state index < -0.39 is 0 Å². The lowest BCUT2D eigenvalue weighted by Gasteiger charge is -2.07. The van der Waals surface area contributed by atoms with Gasteiger partial charge in [0.05, 0.1) is 5.69 Å². The van der Waals surface area contributed by atoms with Gasteiger partial charge >= 0.3 is 0 Å². The Hall–Kier alpha value is -2.30. The van der Waals surface area contributed by atoms with Gasteiger partial charge in [-0.1, -0.05) is 65.7 Å². The van der Waals surface area contributed by atoms with Crippen LogP contribution >= 0.6 is 23.2 Å². The fourth-order valence-electron chi connectivity index (χ4n) is 2.66. The summed E-state index contributed by atoms with van der Waals surface area (Å²) in [6.07, 6.45) is 0.713. The van der Waals surface area contributed by atoms with E-state index in [0.717, 1.165) is 11.1 Å². The number of carbonyl (C=O) groups is 1. The van der Waals surface area contributed by atoms with Crippen LogP contribution in [-0.2, 0) is 6.54 Å². The van der Waals surface area contributed by atoms with Gasteiger partial charge < -0.3 is 5.32 Å². The molecule has 0 fully saturated rings. The van der Waals surface area contributed by atoms with Gasteiger partial charge in [-0.25, -0.2) is 0 Å². The molecule has 0 aliphatic rings. The normalized spacial score (nSPS) is 10.7. The SMILES string of the molecule is Cc1nn(CCCNC(=O)c2ccc(-c3ccccc3)cc2)c(Cl)c1Cl. The van der Waals surface area contributed by atoms with Crippen LogP contribution in [0.5, 0.6) is 0 Å². The average molecular weight is 388 g/mol. The van der Waals surface area contributed by atoms with Gasteiger partial charge in [0.2, 0.25) is 0 Å². The standard InChI is InChI=1S/C20H19Cl2N3O/c1-14-18(21)19(22)25(24-14)13-5-12-23-20(26)17-10-8-16(9-11-17)15-6-3-2-4-7-15/h2-4,6-11H,5,12-13H2,1H3,(H,23,26). The second-order valence-electron chi connectivity index (χ2n) is 5.97. The summed E-state index contributed by atoms with van der Waals surface area (Å²) in [5.74, 6) is -0.0922. The minimum Gasteiger partial charge on any atom is -0.352 e. The van der Waals surface area contributed by atoms with E-state index in [1.807, 2.05) is 61.5 Å². The number of nitrogens with zero attached hydrogens (tertiary/aromatic N) is 2. The summed E-state index contributed by atoms with van der Waals surface area (Å²) in [5.41, 5.74) is 3.56. The molecule has 0 atom stereocenters. The summed E-state index contributed by atoms with van der Waals surface area (Å²) in [4.78, 5) is 12.2. The Balaban J connectivity index is 1.51. The summed E-state index contributed by atoms with van der Waals surface area (Å²) in [7, 11) is 0. The molecule has 0 saturated carbocycles. The fraction of sp³-hybridized carbons (Fsp3) is 0.200. The molecule has 1 heterocycles. The first-order valence-electron chi connectivity index (χ1n) is 8.38. The zero-order valence-electron chi connectivity index (χ0n) is 14.4. The maximum absolute atomic E-state index is 12.2. The maximum atomic E-state index is 12.2. The molecule has 26 heavy (non-hydrogen) atoms. The lowest BCUT2D eigenvalue weighted by atomic mass is 10.0. The lowest BCUT2D eigenvalue weighted by molar-refractivity contribution is 0.0952. The molecule has 1 amide bonds. The minimum absolute atomic E-state index is 0.0922. The Labute approximate surface area is 162 Å². The van der Waals surface area contributed by atoms with Crippen molar-refractivity contribution in [2.75, 3.05) is 6.54 Å². The fourth-order valence-corrected chi connectivity index (χ4v) is 3.05. The van der Waals surface area contributed by atoms with Gasteiger partial charge in [-0.3, -0.25) is 9.48 Å². The van der Waals surface area contributed by atoms with Gasteiger partial charge in [-0.15, -0.1) is 0 Å². The van der Waals surface area contributed by atoms with E-state index in [9.17, 15) is 4.79 Å². The second-order valence-corrected chi connectivity index (χ2v) is 6.70.